The van der Waals surface area contributed by atoms with Crippen molar-refractivity contribution < 1.29 is 14.2 Å². The maximum absolute atomic E-state index is 6.42. The molecular formula is C31H40N2O3. The Morgan fingerprint density at radius 2 is 1.69 bits per heavy atom. The summed E-state index contributed by atoms with van der Waals surface area (Å²) in [6.45, 7) is 4.15. The zero-order valence-electron chi connectivity index (χ0n) is 21.5. The minimum atomic E-state index is -0.364. The summed E-state index contributed by atoms with van der Waals surface area (Å²) in [6.07, 6.45) is 15.3. The maximum atomic E-state index is 6.42. The third-order valence-electron chi connectivity index (χ3n) is 9.08. The van der Waals surface area contributed by atoms with Gasteiger partial charge in [-0.3, -0.25) is 4.98 Å². The predicted molar refractivity (Wildman–Crippen MR) is 142 cm³/mol. The van der Waals surface area contributed by atoms with Crippen molar-refractivity contribution in [3.8, 4) is 0 Å². The van der Waals surface area contributed by atoms with E-state index in [2.05, 4.69) is 47.8 Å². The van der Waals surface area contributed by atoms with E-state index in [1.54, 1.807) is 0 Å². The lowest BCUT2D eigenvalue weighted by Gasteiger charge is -2.46. The van der Waals surface area contributed by atoms with E-state index in [1.807, 2.05) is 12.3 Å². The van der Waals surface area contributed by atoms with Crippen molar-refractivity contribution in [3.63, 3.8) is 0 Å². The molecule has 1 unspecified atom stereocenters. The van der Waals surface area contributed by atoms with Gasteiger partial charge >= 0.3 is 0 Å². The largest absolute Gasteiger partial charge is 0.375 e. The van der Waals surface area contributed by atoms with E-state index in [0.717, 1.165) is 71.4 Å². The Morgan fingerprint density at radius 3 is 2.47 bits per heavy atom. The van der Waals surface area contributed by atoms with Crippen LogP contribution in [0.5, 0.6) is 0 Å². The average Bonchev–Trinajstić information content (AvgIpc) is 3.58. The lowest BCUT2D eigenvalue weighted by molar-refractivity contribution is -0.159. The molecule has 1 aromatic carbocycles. The highest BCUT2D eigenvalue weighted by molar-refractivity contribution is 5.69. The van der Waals surface area contributed by atoms with Crippen molar-refractivity contribution in [3.05, 3.63) is 71.6 Å². The van der Waals surface area contributed by atoms with Crippen molar-refractivity contribution in [2.45, 2.75) is 87.6 Å². The minimum absolute atomic E-state index is 0.0694. The zero-order chi connectivity index (χ0) is 24.3. The first-order valence-electron chi connectivity index (χ1n) is 14.0. The molecule has 2 aliphatic heterocycles. The second-order valence-electron chi connectivity index (χ2n) is 11.3. The molecule has 1 N–H and O–H groups in total. The lowest BCUT2D eigenvalue weighted by atomic mass is 9.68. The van der Waals surface area contributed by atoms with Crippen LogP contribution in [0.15, 0.2) is 54.7 Å². The Kier molecular flexibility index (Phi) is 7.00. The maximum Gasteiger partial charge on any atom is 0.172 e. The van der Waals surface area contributed by atoms with Crippen LogP contribution < -0.4 is 5.32 Å². The van der Waals surface area contributed by atoms with Crippen LogP contribution in [0.4, 0.5) is 0 Å². The molecule has 6 rings (SSSR count). The molecule has 1 aromatic heterocycles. The van der Waals surface area contributed by atoms with Gasteiger partial charge in [0.1, 0.15) is 0 Å². The van der Waals surface area contributed by atoms with Crippen LogP contribution in [0, 0.1) is 0 Å². The first kappa shape index (κ1) is 24.3. The van der Waals surface area contributed by atoms with Crippen LogP contribution in [0.2, 0.25) is 0 Å². The van der Waals surface area contributed by atoms with Gasteiger partial charge in [-0.1, -0.05) is 49.2 Å². The molecule has 3 heterocycles. The topological polar surface area (TPSA) is 52.6 Å². The normalized spacial score (nSPS) is 26.9. The predicted octanol–water partition coefficient (Wildman–Crippen LogP) is 5.93. The molecule has 0 radical (unpaired) electrons. The Morgan fingerprint density at radius 1 is 0.861 bits per heavy atom. The molecule has 192 valence electrons. The number of nitrogens with zero attached hydrogens (tertiary/aromatic N) is 1. The summed E-state index contributed by atoms with van der Waals surface area (Å²) in [5, 5.41) is 3.81. The standard InChI is InChI=1S/C31H40N2O3/c1-2-8-27(25-10-14-31(15-11-25)35-21-22-36-31)26(7-1)23-32-19-16-29(28-9-3-6-18-33-28)17-20-34-30(24-29)12-4-5-13-30/h1-3,6-10,18,32H,4-5,11-17,19-24H2. The molecule has 2 aliphatic carbocycles. The summed E-state index contributed by atoms with van der Waals surface area (Å²) in [4.78, 5) is 4.86. The highest BCUT2D eigenvalue weighted by atomic mass is 16.7. The van der Waals surface area contributed by atoms with E-state index in [-0.39, 0.29) is 16.8 Å². The van der Waals surface area contributed by atoms with Gasteiger partial charge in [-0.2, -0.15) is 0 Å². The van der Waals surface area contributed by atoms with Gasteiger partial charge in [-0.25, -0.2) is 0 Å². The third kappa shape index (κ3) is 4.91. The van der Waals surface area contributed by atoms with Gasteiger partial charge in [0, 0.05) is 43.3 Å². The quantitative estimate of drug-likeness (QED) is 0.490. The van der Waals surface area contributed by atoms with E-state index in [4.69, 9.17) is 19.2 Å². The summed E-state index contributed by atoms with van der Waals surface area (Å²) in [6, 6.07) is 15.3. The first-order chi connectivity index (χ1) is 17.7. The van der Waals surface area contributed by atoms with Crippen molar-refractivity contribution in [2.75, 3.05) is 26.4 Å². The van der Waals surface area contributed by atoms with Crippen molar-refractivity contribution >= 4 is 5.57 Å². The van der Waals surface area contributed by atoms with Crippen molar-refractivity contribution in [2.24, 2.45) is 0 Å². The fourth-order valence-electron chi connectivity index (χ4n) is 7.15. The number of nitrogens with one attached hydrogen (secondary N) is 1. The molecule has 3 fully saturated rings. The van der Waals surface area contributed by atoms with Crippen LogP contribution in [0.25, 0.3) is 5.57 Å². The minimum Gasteiger partial charge on any atom is -0.375 e. The van der Waals surface area contributed by atoms with Crippen molar-refractivity contribution in [1.29, 1.82) is 0 Å². The Hall–Kier alpha value is -2.05. The highest BCUT2D eigenvalue weighted by Crippen LogP contribution is 2.49. The van der Waals surface area contributed by atoms with E-state index in [0.29, 0.717) is 0 Å². The van der Waals surface area contributed by atoms with Crippen LogP contribution in [0.3, 0.4) is 0 Å². The summed E-state index contributed by atoms with van der Waals surface area (Å²) in [7, 11) is 0. The number of benzene rings is 1. The summed E-state index contributed by atoms with van der Waals surface area (Å²) in [5.74, 6) is -0.364. The molecule has 2 saturated heterocycles. The van der Waals surface area contributed by atoms with Gasteiger partial charge in [-0.05, 0) is 73.9 Å². The summed E-state index contributed by atoms with van der Waals surface area (Å²) < 4.78 is 18.3. The monoisotopic (exact) mass is 488 g/mol. The molecule has 0 bridgehead atoms. The van der Waals surface area contributed by atoms with Crippen LogP contribution >= 0.6 is 0 Å². The smallest absolute Gasteiger partial charge is 0.172 e. The molecule has 0 amide bonds. The Labute approximate surface area is 215 Å². The van der Waals surface area contributed by atoms with Crippen molar-refractivity contribution in [1.82, 2.24) is 10.3 Å². The highest BCUT2D eigenvalue weighted by Gasteiger charge is 2.48. The summed E-state index contributed by atoms with van der Waals surface area (Å²) >= 11 is 0. The molecule has 5 nitrogen and oxygen atoms in total. The van der Waals surface area contributed by atoms with Gasteiger partial charge in [0.25, 0.3) is 0 Å². The van der Waals surface area contributed by atoms with E-state index in [1.165, 1.54) is 48.1 Å². The molecule has 2 aromatic rings. The number of hydrogen-bond acceptors (Lipinski definition) is 5. The molecule has 36 heavy (non-hydrogen) atoms. The lowest BCUT2D eigenvalue weighted by Crippen LogP contribution is -2.47. The second-order valence-corrected chi connectivity index (χ2v) is 11.3. The van der Waals surface area contributed by atoms with Gasteiger partial charge in [0.15, 0.2) is 5.79 Å². The second kappa shape index (κ2) is 10.4. The van der Waals surface area contributed by atoms with E-state index in [9.17, 15) is 0 Å². The number of rotatable bonds is 7. The summed E-state index contributed by atoms with van der Waals surface area (Å²) in [5.41, 5.74) is 5.58. The molecule has 4 aliphatic rings. The fraction of sp³-hybridized carbons (Fsp3) is 0.581. The SMILES string of the molecule is C1=C(c2ccccc2CNCCC2(c3ccccn3)CCOC3(CCCC3)C2)CCC2(C1)OCCO2. The van der Waals surface area contributed by atoms with Crippen LogP contribution in [0.1, 0.15) is 81.0 Å². The number of allylic oxidation sites excluding steroid dienone is 1. The first-order valence-corrected chi connectivity index (χ1v) is 14.0. The molecule has 1 saturated carbocycles. The van der Waals surface area contributed by atoms with Gasteiger partial charge in [-0.15, -0.1) is 0 Å². The Balaban J connectivity index is 1.13. The third-order valence-corrected chi connectivity index (χ3v) is 9.08. The van der Waals surface area contributed by atoms with Gasteiger partial charge in [0.05, 0.1) is 18.8 Å². The average molecular weight is 489 g/mol. The van der Waals surface area contributed by atoms with Gasteiger partial charge < -0.3 is 19.5 Å². The fourth-order valence-corrected chi connectivity index (χ4v) is 7.15. The number of hydrogen-bond donors (Lipinski definition) is 1. The van der Waals surface area contributed by atoms with E-state index >= 15 is 0 Å². The van der Waals surface area contributed by atoms with Crippen LogP contribution in [-0.4, -0.2) is 42.7 Å². The molecule has 1 atom stereocenters. The Bertz CT molecular complexity index is 1060. The number of pyridine rings is 1. The molecule has 2 spiro atoms. The van der Waals surface area contributed by atoms with E-state index < -0.39 is 0 Å². The van der Waals surface area contributed by atoms with Gasteiger partial charge in [0.2, 0.25) is 0 Å². The molecular weight excluding hydrogens is 448 g/mol. The molecule has 5 heteroatoms. The number of ether oxygens (including phenoxy) is 3. The zero-order valence-corrected chi connectivity index (χ0v) is 21.5. The van der Waals surface area contributed by atoms with Crippen LogP contribution in [-0.2, 0) is 26.2 Å². The number of aromatic nitrogens is 1.